The van der Waals surface area contributed by atoms with Crippen molar-refractivity contribution in [3.8, 4) is 0 Å². The smallest absolute Gasteiger partial charge is 0.0315 e. The van der Waals surface area contributed by atoms with Crippen LogP contribution in [0.15, 0.2) is 0 Å². The quantitative estimate of drug-likeness (QED) is 0.529. The Bertz CT molecular complexity index is 502. The van der Waals surface area contributed by atoms with Gasteiger partial charge in [-0.05, 0) is 113 Å². The molecule has 9 rings (SSSR count). The van der Waals surface area contributed by atoms with Gasteiger partial charge in [0.25, 0.3) is 0 Å². The van der Waals surface area contributed by atoms with Crippen molar-refractivity contribution in [2.24, 2.45) is 35.5 Å². The molecule has 0 unspecified atom stereocenters. The molecule has 0 aromatic carbocycles. The largest absolute Gasteiger partial charge is 0.248 e. The highest BCUT2D eigenvalue weighted by atomic mass is 32.2. The first-order chi connectivity index (χ1) is 13.6. The van der Waals surface area contributed by atoms with Crippen LogP contribution >= 0.6 is 23.9 Å². The molecule has 2 nitrogen and oxygen atoms in total. The molecule has 0 atom stereocenters. The zero-order valence-electron chi connectivity index (χ0n) is 17.5. The molecule has 1 heterocycles. The van der Waals surface area contributed by atoms with Crippen LogP contribution in [0.5, 0.6) is 0 Å². The number of hydrogen-bond acceptors (Lipinski definition) is 4. The van der Waals surface area contributed by atoms with Crippen molar-refractivity contribution >= 4 is 23.9 Å². The first-order valence-corrected chi connectivity index (χ1v) is 14.1. The summed E-state index contributed by atoms with van der Waals surface area (Å²) in [5, 5.41) is 0. The molecule has 8 saturated carbocycles. The molecule has 8 aliphatic carbocycles. The molecule has 0 amide bonds. The maximum atomic E-state index is 2.81. The Kier molecular flexibility index (Phi) is 4.27. The predicted octanol–water partition coefficient (Wildman–Crippen LogP) is 5.84. The van der Waals surface area contributed by atoms with Gasteiger partial charge in [0, 0.05) is 35.7 Å². The summed E-state index contributed by atoms with van der Waals surface area (Å²) >= 11 is 4.69. The van der Waals surface area contributed by atoms with E-state index in [2.05, 4.69) is 32.5 Å². The minimum atomic E-state index is 0.657. The van der Waals surface area contributed by atoms with Gasteiger partial charge < -0.3 is 0 Å². The summed E-state index contributed by atoms with van der Waals surface area (Å²) in [4.78, 5) is 0. The molecule has 9 aliphatic rings. The van der Waals surface area contributed by atoms with Crippen molar-refractivity contribution in [3.63, 3.8) is 0 Å². The molecule has 1 saturated heterocycles. The zero-order chi connectivity index (χ0) is 18.3. The van der Waals surface area contributed by atoms with E-state index in [0.29, 0.717) is 9.49 Å². The van der Waals surface area contributed by atoms with E-state index in [9.17, 15) is 0 Å². The maximum absolute atomic E-state index is 2.81. The highest BCUT2D eigenvalue weighted by molar-refractivity contribution is 7.98. The summed E-state index contributed by atoms with van der Waals surface area (Å²) < 4.78 is 6.93. The SMILES string of the molecule is C1C2CC3CC1CC(SN1CCN(SC45CC6CC(CC(C6)C4)C5)CC1)(C2)C3. The maximum Gasteiger partial charge on any atom is 0.0315 e. The second-order valence-corrected chi connectivity index (χ2v) is 15.4. The Morgan fingerprint density at radius 1 is 0.429 bits per heavy atom. The van der Waals surface area contributed by atoms with Crippen LogP contribution < -0.4 is 0 Å². The lowest BCUT2D eigenvalue weighted by Crippen LogP contribution is -2.53. The Hall–Kier alpha value is 0.620. The Morgan fingerprint density at radius 2 is 0.679 bits per heavy atom. The van der Waals surface area contributed by atoms with E-state index in [1.807, 2.05) is 0 Å². The number of rotatable bonds is 4. The number of piperazine rings is 1. The van der Waals surface area contributed by atoms with E-state index >= 15 is 0 Å². The summed E-state index contributed by atoms with van der Waals surface area (Å²) in [5.41, 5.74) is 0. The lowest BCUT2D eigenvalue weighted by atomic mass is 9.56. The van der Waals surface area contributed by atoms with Crippen LogP contribution in [0.3, 0.4) is 0 Å². The summed E-state index contributed by atoms with van der Waals surface area (Å²) in [6.07, 6.45) is 18.8. The average Bonchev–Trinajstić information content (AvgIpc) is 2.60. The molecule has 28 heavy (non-hydrogen) atoms. The van der Waals surface area contributed by atoms with Crippen molar-refractivity contribution in [2.45, 2.75) is 86.5 Å². The molecule has 1 aliphatic heterocycles. The van der Waals surface area contributed by atoms with Crippen molar-refractivity contribution in [3.05, 3.63) is 0 Å². The summed E-state index contributed by atoms with van der Waals surface area (Å²) in [7, 11) is 0. The van der Waals surface area contributed by atoms with E-state index in [1.165, 1.54) is 26.2 Å². The first kappa shape index (κ1) is 18.2. The van der Waals surface area contributed by atoms with Crippen LogP contribution in [0.1, 0.15) is 77.0 Å². The van der Waals surface area contributed by atoms with E-state index < -0.39 is 0 Å². The lowest BCUT2D eigenvalue weighted by molar-refractivity contribution is 0.0354. The van der Waals surface area contributed by atoms with Crippen LogP contribution in [-0.2, 0) is 0 Å². The summed E-state index contributed by atoms with van der Waals surface area (Å²) in [5.74, 6) is 6.54. The minimum absolute atomic E-state index is 0.657. The van der Waals surface area contributed by atoms with Gasteiger partial charge in [0.1, 0.15) is 0 Å². The van der Waals surface area contributed by atoms with Crippen molar-refractivity contribution in [1.29, 1.82) is 0 Å². The van der Waals surface area contributed by atoms with E-state index in [0.717, 1.165) is 35.5 Å². The zero-order valence-corrected chi connectivity index (χ0v) is 19.1. The van der Waals surface area contributed by atoms with Gasteiger partial charge in [0.15, 0.2) is 0 Å². The average molecular weight is 419 g/mol. The van der Waals surface area contributed by atoms with E-state index in [4.69, 9.17) is 0 Å². The van der Waals surface area contributed by atoms with Crippen LogP contribution in [0.2, 0.25) is 0 Å². The second kappa shape index (κ2) is 6.56. The molecular formula is C24H38N2S2. The normalized spacial score (nSPS) is 55.3. The van der Waals surface area contributed by atoms with E-state index in [1.54, 1.807) is 77.0 Å². The topological polar surface area (TPSA) is 6.48 Å². The van der Waals surface area contributed by atoms with Gasteiger partial charge in [-0.2, -0.15) is 0 Å². The molecule has 8 bridgehead atoms. The summed E-state index contributed by atoms with van der Waals surface area (Å²) in [6, 6.07) is 0. The fourth-order valence-electron chi connectivity index (χ4n) is 9.69. The molecule has 156 valence electrons. The predicted molar refractivity (Wildman–Crippen MR) is 120 cm³/mol. The van der Waals surface area contributed by atoms with Crippen LogP contribution in [0.25, 0.3) is 0 Å². The highest BCUT2D eigenvalue weighted by Crippen LogP contribution is 2.62. The van der Waals surface area contributed by atoms with Gasteiger partial charge in [-0.25, -0.2) is 8.61 Å². The Balaban J connectivity index is 0.966. The standard InChI is InChI=1S/C24H38N2S2/c1-2-26(28-24-14-20-8-21(15-24)10-22(9-20)16-24)4-3-25(1)27-23-11-17-5-18(12-23)7-19(6-17)13-23/h17-22H,1-16H2. The summed E-state index contributed by atoms with van der Waals surface area (Å²) in [6.45, 7) is 5.25. The van der Waals surface area contributed by atoms with Crippen molar-refractivity contribution in [1.82, 2.24) is 8.61 Å². The minimum Gasteiger partial charge on any atom is -0.248 e. The number of hydrogen-bond donors (Lipinski definition) is 0. The van der Waals surface area contributed by atoms with Crippen LogP contribution in [-0.4, -0.2) is 44.3 Å². The third-order valence-corrected chi connectivity index (χ3v) is 12.8. The fraction of sp³-hybridized carbons (Fsp3) is 1.00. The van der Waals surface area contributed by atoms with Crippen LogP contribution in [0, 0.1) is 35.5 Å². The first-order valence-electron chi connectivity index (χ1n) is 12.5. The molecule has 9 fully saturated rings. The van der Waals surface area contributed by atoms with Crippen LogP contribution in [0.4, 0.5) is 0 Å². The highest BCUT2D eigenvalue weighted by Gasteiger charge is 2.54. The van der Waals surface area contributed by atoms with E-state index in [-0.39, 0.29) is 0 Å². The van der Waals surface area contributed by atoms with Crippen molar-refractivity contribution in [2.75, 3.05) is 26.2 Å². The van der Waals surface area contributed by atoms with Gasteiger partial charge in [-0.15, -0.1) is 0 Å². The van der Waals surface area contributed by atoms with Gasteiger partial charge in [-0.1, -0.05) is 23.9 Å². The molecular weight excluding hydrogens is 380 g/mol. The van der Waals surface area contributed by atoms with Gasteiger partial charge in [0.2, 0.25) is 0 Å². The monoisotopic (exact) mass is 418 g/mol. The molecule has 0 aromatic heterocycles. The van der Waals surface area contributed by atoms with Crippen molar-refractivity contribution < 1.29 is 0 Å². The second-order valence-electron chi connectivity index (χ2n) is 12.2. The Labute approximate surface area is 180 Å². The van der Waals surface area contributed by atoms with Gasteiger partial charge in [0.05, 0.1) is 0 Å². The fourth-order valence-corrected chi connectivity index (χ4v) is 13.3. The third-order valence-electron chi connectivity index (χ3n) is 9.81. The molecule has 0 radical (unpaired) electrons. The molecule has 4 heteroatoms. The Morgan fingerprint density at radius 3 is 0.929 bits per heavy atom. The molecule has 0 spiro atoms. The molecule has 0 aromatic rings. The molecule has 0 N–H and O–H groups in total. The number of nitrogens with zero attached hydrogens (tertiary/aromatic N) is 2. The van der Waals surface area contributed by atoms with Gasteiger partial charge >= 0.3 is 0 Å². The van der Waals surface area contributed by atoms with Gasteiger partial charge in [-0.3, -0.25) is 0 Å². The third kappa shape index (κ3) is 3.14. The lowest BCUT2D eigenvalue weighted by Gasteiger charge is -2.58.